The van der Waals surface area contributed by atoms with E-state index in [-0.39, 0.29) is 6.61 Å². The summed E-state index contributed by atoms with van der Waals surface area (Å²) < 4.78 is 15.6. The van der Waals surface area contributed by atoms with Crippen LogP contribution in [0.15, 0.2) is 22.7 Å². The summed E-state index contributed by atoms with van der Waals surface area (Å²) in [6.45, 7) is 0.175. The van der Waals surface area contributed by atoms with Gasteiger partial charge in [-0.15, -0.1) is 0 Å². The minimum atomic E-state index is 0.175. The molecule has 1 N–H and O–H groups in total. The Labute approximate surface area is 117 Å². The fraction of sp³-hybridized carbons (Fsp3) is 0.429. The maximum Gasteiger partial charge on any atom is 0.226 e. The van der Waals surface area contributed by atoms with Crippen molar-refractivity contribution < 1.29 is 19.1 Å². The van der Waals surface area contributed by atoms with Gasteiger partial charge in [0.1, 0.15) is 11.5 Å². The normalized spacial score (nSPS) is 10.6. The van der Waals surface area contributed by atoms with Crippen LogP contribution >= 0.6 is 0 Å². The number of aromatic nitrogens is 2. The quantitative estimate of drug-likeness (QED) is 0.781. The highest BCUT2D eigenvalue weighted by Gasteiger charge is 2.11. The number of aryl methyl sites for hydroxylation is 1. The molecule has 0 aliphatic rings. The second-order valence-electron chi connectivity index (χ2n) is 4.29. The standard InChI is InChI=1S/C14H18N2O4/c1-18-11-7-10(8-12(9-11)19-2)14-15-13(20-16-14)5-3-4-6-17/h7-9,17H,3-6H2,1-2H3. The lowest BCUT2D eigenvalue weighted by atomic mass is 10.2. The summed E-state index contributed by atoms with van der Waals surface area (Å²) in [6.07, 6.45) is 2.21. The van der Waals surface area contributed by atoms with Crippen molar-refractivity contribution in [2.45, 2.75) is 19.3 Å². The first-order chi connectivity index (χ1) is 9.76. The highest BCUT2D eigenvalue weighted by Crippen LogP contribution is 2.28. The molecule has 0 unspecified atom stereocenters. The molecule has 0 atom stereocenters. The highest BCUT2D eigenvalue weighted by atomic mass is 16.5. The maximum absolute atomic E-state index is 8.75. The number of aliphatic hydroxyl groups excluding tert-OH is 1. The first kappa shape index (κ1) is 14.3. The van der Waals surface area contributed by atoms with E-state index in [1.807, 2.05) is 12.1 Å². The molecule has 6 heteroatoms. The topological polar surface area (TPSA) is 77.6 Å². The SMILES string of the molecule is COc1cc(OC)cc(-c2noc(CCCCO)n2)c1. The smallest absolute Gasteiger partial charge is 0.226 e. The summed E-state index contributed by atoms with van der Waals surface area (Å²) >= 11 is 0. The number of benzene rings is 1. The number of unbranched alkanes of at least 4 members (excludes halogenated alkanes) is 1. The van der Waals surface area contributed by atoms with Gasteiger partial charge in [0.2, 0.25) is 11.7 Å². The second kappa shape index (κ2) is 6.91. The largest absolute Gasteiger partial charge is 0.497 e. The summed E-state index contributed by atoms with van der Waals surface area (Å²) in [7, 11) is 3.18. The molecule has 0 bridgehead atoms. The Morgan fingerprint density at radius 2 is 1.80 bits per heavy atom. The van der Waals surface area contributed by atoms with Gasteiger partial charge < -0.3 is 19.1 Å². The summed E-state index contributed by atoms with van der Waals surface area (Å²) in [5, 5.41) is 12.7. The maximum atomic E-state index is 8.75. The highest BCUT2D eigenvalue weighted by molar-refractivity contribution is 5.60. The van der Waals surface area contributed by atoms with Crippen LogP contribution in [0.4, 0.5) is 0 Å². The fourth-order valence-corrected chi connectivity index (χ4v) is 1.80. The predicted molar refractivity (Wildman–Crippen MR) is 72.9 cm³/mol. The van der Waals surface area contributed by atoms with Crippen LogP contribution in [0.2, 0.25) is 0 Å². The molecule has 0 radical (unpaired) electrons. The molecule has 1 heterocycles. The van der Waals surface area contributed by atoms with Crippen molar-refractivity contribution >= 4 is 0 Å². The van der Waals surface area contributed by atoms with Gasteiger partial charge in [-0.25, -0.2) is 0 Å². The number of hydrogen-bond donors (Lipinski definition) is 1. The van der Waals surface area contributed by atoms with Gasteiger partial charge in [-0.1, -0.05) is 5.16 Å². The lowest BCUT2D eigenvalue weighted by molar-refractivity contribution is 0.281. The van der Waals surface area contributed by atoms with Gasteiger partial charge >= 0.3 is 0 Å². The van der Waals surface area contributed by atoms with E-state index >= 15 is 0 Å². The van der Waals surface area contributed by atoms with E-state index in [9.17, 15) is 0 Å². The van der Waals surface area contributed by atoms with Crippen LogP contribution in [0.5, 0.6) is 11.5 Å². The lowest BCUT2D eigenvalue weighted by Gasteiger charge is -2.05. The van der Waals surface area contributed by atoms with E-state index in [0.717, 1.165) is 18.4 Å². The first-order valence-corrected chi connectivity index (χ1v) is 6.43. The van der Waals surface area contributed by atoms with Crippen molar-refractivity contribution in [1.82, 2.24) is 10.1 Å². The minimum absolute atomic E-state index is 0.175. The molecule has 108 valence electrons. The van der Waals surface area contributed by atoms with Crippen LogP contribution in [0.3, 0.4) is 0 Å². The molecule has 1 aromatic heterocycles. The predicted octanol–water partition coefficient (Wildman–Crippen LogP) is 2.07. The Kier molecular flexibility index (Phi) is 4.95. The Morgan fingerprint density at radius 3 is 2.40 bits per heavy atom. The number of methoxy groups -OCH3 is 2. The van der Waals surface area contributed by atoms with E-state index in [1.165, 1.54) is 0 Å². The zero-order valence-electron chi connectivity index (χ0n) is 11.6. The molecule has 0 amide bonds. The number of nitrogens with zero attached hydrogens (tertiary/aromatic N) is 2. The molecular formula is C14H18N2O4. The molecule has 0 saturated carbocycles. The fourth-order valence-electron chi connectivity index (χ4n) is 1.80. The van der Waals surface area contributed by atoms with Gasteiger partial charge in [-0.2, -0.15) is 4.98 Å². The molecular weight excluding hydrogens is 260 g/mol. The second-order valence-corrected chi connectivity index (χ2v) is 4.29. The number of rotatable bonds is 7. The van der Waals surface area contributed by atoms with Gasteiger partial charge in [0.05, 0.1) is 14.2 Å². The third-order valence-electron chi connectivity index (χ3n) is 2.88. The van der Waals surface area contributed by atoms with Crippen molar-refractivity contribution in [3.63, 3.8) is 0 Å². The third-order valence-corrected chi connectivity index (χ3v) is 2.88. The molecule has 1 aromatic carbocycles. The average Bonchev–Trinajstić information content (AvgIpc) is 2.96. The van der Waals surface area contributed by atoms with E-state index in [0.29, 0.717) is 29.6 Å². The third kappa shape index (κ3) is 3.48. The molecule has 0 spiro atoms. The molecule has 6 nitrogen and oxygen atoms in total. The van der Waals surface area contributed by atoms with Crippen LogP contribution in [-0.4, -0.2) is 36.1 Å². The minimum Gasteiger partial charge on any atom is -0.497 e. The van der Waals surface area contributed by atoms with Crippen LogP contribution in [-0.2, 0) is 6.42 Å². The van der Waals surface area contributed by atoms with Crippen molar-refractivity contribution in [2.75, 3.05) is 20.8 Å². The van der Waals surface area contributed by atoms with Gasteiger partial charge in [0.15, 0.2) is 0 Å². The van der Waals surface area contributed by atoms with E-state index in [4.69, 9.17) is 19.1 Å². The van der Waals surface area contributed by atoms with E-state index in [2.05, 4.69) is 10.1 Å². The molecule has 20 heavy (non-hydrogen) atoms. The number of aliphatic hydroxyl groups is 1. The molecule has 2 aromatic rings. The van der Waals surface area contributed by atoms with Gasteiger partial charge in [-0.3, -0.25) is 0 Å². The monoisotopic (exact) mass is 278 g/mol. The van der Waals surface area contributed by atoms with E-state index < -0.39 is 0 Å². The van der Waals surface area contributed by atoms with Crippen molar-refractivity contribution in [3.8, 4) is 22.9 Å². The van der Waals surface area contributed by atoms with Crippen molar-refractivity contribution in [3.05, 3.63) is 24.1 Å². The summed E-state index contributed by atoms with van der Waals surface area (Å²) in [5.74, 6) is 2.41. The van der Waals surface area contributed by atoms with Crippen LogP contribution in [0.25, 0.3) is 11.4 Å². The average molecular weight is 278 g/mol. The number of hydrogen-bond acceptors (Lipinski definition) is 6. The molecule has 0 fully saturated rings. The Morgan fingerprint density at radius 1 is 1.10 bits per heavy atom. The summed E-state index contributed by atoms with van der Waals surface area (Å²) in [5.41, 5.74) is 0.776. The Hall–Kier alpha value is -2.08. The van der Waals surface area contributed by atoms with Gasteiger partial charge in [0.25, 0.3) is 0 Å². The molecule has 2 rings (SSSR count). The van der Waals surface area contributed by atoms with E-state index in [1.54, 1.807) is 20.3 Å². The summed E-state index contributed by atoms with van der Waals surface area (Å²) in [6, 6.07) is 5.43. The van der Waals surface area contributed by atoms with Gasteiger partial charge in [0, 0.05) is 24.7 Å². The Bertz CT molecular complexity index is 532. The lowest BCUT2D eigenvalue weighted by Crippen LogP contribution is -1.91. The van der Waals surface area contributed by atoms with Crippen LogP contribution in [0.1, 0.15) is 18.7 Å². The first-order valence-electron chi connectivity index (χ1n) is 6.43. The number of ether oxygens (including phenoxy) is 2. The zero-order chi connectivity index (χ0) is 14.4. The van der Waals surface area contributed by atoms with Crippen molar-refractivity contribution in [1.29, 1.82) is 0 Å². The Balaban J connectivity index is 2.18. The van der Waals surface area contributed by atoms with Crippen LogP contribution in [0, 0.1) is 0 Å². The molecule has 0 aliphatic heterocycles. The van der Waals surface area contributed by atoms with Crippen LogP contribution < -0.4 is 9.47 Å². The molecule has 0 saturated heterocycles. The van der Waals surface area contributed by atoms with Gasteiger partial charge in [-0.05, 0) is 25.0 Å². The van der Waals surface area contributed by atoms with Crippen molar-refractivity contribution in [2.24, 2.45) is 0 Å². The molecule has 0 aliphatic carbocycles. The summed E-state index contributed by atoms with van der Waals surface area (Å²) in [4.78, 5) is 4.33. The zero-order valence-corrected chi connectivity index (χ0v) is 11.6.